The number of Topliss-reactive ketones (excluding diaryl/α,β-unsaturated/α-hetero) is 1. The Morgan fingerprint density at radius 1 is 1.30 bits per heavy atom. The summed E-state index contributed by atoms with van der Waals surface area (Å²) in [6, 6.07) is 0. The Morgan fingerprint density at radius 2 is 2.05 bits per heavy atom. The van der Waals surface area contributed by atoms with E-state index in [2.05, 4.69) is 39.2 Å². The molecular formula is C19H26O. The number of allylic oxidation sites excluding steroid dienone is 4. The second kappa shape index (κ2) is 4.44. The lowest BCUT2D eigenvalue weighted by Crippen LogP contribution is -2.46. The Balaban J connectivity index is 1.95. The van der Waals surface area contributed by atoms with Crippen LogP contribution in [0.2, 0.25) is 0 Å². The maximum absolute atomic E-state index is 12.0. The van der Waals surface area contributed by atoms with Crippen molar-refractivity contribution < 1.29 is 4.79 Å². The molecule has 0 unspecified atom stereocenters. The fourth-order valence-corrected chi connectivity index (χ4v) is 4.89. The molecule has 4 atom stereocenters. The van der Waals surface area contributed by atoms with E-state index in [1.807, 2.05) is 0 Å². The lowest BCUT2D eigenvalue weighted by atomic mass is 9.50. The Hall–Kier alpha value is -1.11. The molecule has 0 aromatic heterocycles. The number of rotatable bonds is 1. The van der Waals surface area contributed by atoms with Crippen LogP contribution >= 0.6 is 0 Å². The first-order chi connectivity index (χ1) is 9.39. The smallest absolute Gasteiger partial charge is 0.158 e. The van der Waals surface area contributed by atoms with Crippen LogP contribution in [0.5, 0.6) is 0 Å². The molecule has 0 aliphatic heterocycles. The predicted octanol–water partition coefficient (Wildman–Crippen LogP) is 4.85. The SMILES string of the molecule is C=C[C@@]1(C)CC[C@H]2C(=CC[C@H]3C(=C)C(=O)CC[C@@]32C)C1. The fourth-order valence-electron chi connectivity index (χ4n) is 4.89. The molecule has 2 fully saturated rings. The van der Waals surface area contributed by atoms with Crippen molar-refractivity contribution in [1.82, 2.24) is 0 Å². The molecule has 20 heavy (non-hydrogen) atoms. The number of hydrogen-bond donors (Lipinski definition) is 0. The number of hydrogen-bond acceptors (Lipinski definition) is 1. The largest absolute Gasteiger partial charge is 0.295 e. The van der Waals surface area contributed by atoms with E-state index in [1.54, 1.807) is 5.57 Å². The standard InChI is InChI=1S/C19H26O/c1-5-18(3)10-8-16-14(12-18)6-7-15-13(2)17(20)9-11-19(15,16)4/h5-6,15-16H,1-2,7-12H2,3-4H3/t15-,16-,18-,19-/m0/s1. The normalized spacial score (nSPS) is 44.4. The van der Waals surface area contributed by atoms with E-state index in [4.69, 9.17) is 0 Å². The molecule has 0 aromatic rings. The minimum absolute atomic E-state index is 0.261. The van der Waals surface area contributed by atoms with Gasteiger partial charge in [0, 0.05) is 6.42 Å². The summed E-state index contributed by atoms with van der Waals surface area (Å²) in [5, 5.41) is 0. The molecule has 0 N–H and O–H groups in total. The molecule has 0 amide bonds. The molecule has 0 spiro atoms. The zero-order chi connectivity index (χ0) is 14.5. The van der Waals surface area contributed by atoms with Crippen LogP contribution in [-0.2, 0) is 4.79 Å². The van der Waals surface area contributed by atoms with Crippen molar-refractivity contribution in [3.8, 4) is 0 Å². The molecule has 0 heterocycles. The van der Waals surface area contributed by atoms with Crippen molar-refractivity contribution >= 4 is 5.78 Å². The van der Waals surface area contributed by atoms with E-state index in [-0.39, 0.29) is 10.8 Å². The van der Waals surface area contributed by atoms with Crippen molar-refractivity contribution in [2.75, 3.05) is 0 Å². The molecule has 3 aliphatic carbocycles. The van der Waals surface area contributed by atoms with Gasteiger partial charge in [0.05, 0.1) is 0 Å². The van der Waals surface area contributed by atoms with Gasteiger partial charge in [-0.1, -0.05) is 38.2 Å². The van der Waals surface area contributed by atoms with Gasteiger partial charge < -0.3 is 0 Å². The Bertz CT molecular complexity index is 512. The molecular weight excluding hydrogens is 244 g/mol. The van der Waals surface area contributed by atoms with Gasteiger partial charge in [-0.15, -0.1) is 6.58 Å². The van der Waals surface area contributed by atoms with Crippen LogP contribution in [0.4, 0.5) is 0 Å². The summed E-state index contributed by atoms with van der Waals surface area (Å²) >= 11 is 0. The quantitative estimate of drug-likeness (QED) is 0.491. The van der Waals surface area contributed by atoms with Gasteiger partial charge >= 0.3 is 0 Å². The lowest BCUT2D eigenvalue weighted by molar-refractivity contribution is -0.120. The maximum Gasteiger partial charge on any atom is 0.158 e. The van der Waals surface area contributed by atoms with Gasteiger partial charge in [0.2, 0.25) is 0 Å². The van der Waals surface area contributed by atoms with E-state index >= 15 is 0 Å². The number of carbonyl (C=O) groups excluding carboxylic acids is 1. The highest BCUT2D eigenvalue weighted by molar-refractivity contribution is 5.96. The van der Waals surface area contributed by atoms with Gasteiger partial charge in [-0.2, -0.15) is 0 Å². The van der Waals surface area contributed by atoms with Gasteiger partial charge in [0.15, 0.2) is 5.78 Å². The van der Waals surface area contributed by atoms with Gasteiger partial charge in [0.1, 0.15) is 0 Å². The van der Waals surface area contributed by atoms with E-state index in [1.165, 1.54) is 12.8 Å². The summed E-state index contributed by atoms with van der Waals surface area (Å²) in [7, 11) is 0. The highest BCUT2D eigenvalue weighted by Crippen LogP contribution is 2.59. The Labute approximate surface area is 122 Å². The van der Waals surface area contributed by atoms with E-state index in [9.17, 15) is 4.79 Å². The van der Waals surface area contributed by atoms with Crippen LogP contribution in [0.1, 0.15) is 52.4 Å². The third kappa shape index (κ3) is 1.86. The molecule has 2 saturated carbocycles. The molecule has 3 rings (SSSR count). The molecule has 1 nitrogen and oxygen atoms in total. The van der Waals surface area contributed by atoms with Crippen LogP contribution in [0, 0.1) is 22.7 Å². The van der Waals surface area contributed by atoms with E-state index < -0.39 is 0 Å². The second-order valence-electron chi connectivity index (χ2n) is 7.65. The van der Waals surface area contributed by atoms with Crippen LogP contribution in [0.15, 0.2) is 36.5 Å². The summed E-state index contributed by atoms with van der Waals surface area (Å²) in [6.07, 6.45) is 10.9. The van der Waals surface area contributed by atoms with Crippen LogP contribution < -0.4 is 0 Å². The summed E-state index contributed by atoms with van der Waals surface area (Å²) in [5.41, 5.74) is 3.05. The fraction of sp³-hybridized carbons (Fsp3) is 0.632. The number of carbonyl (C=O) groups is 1. The van der Waals surface area contributed by atoms with Crippen molar-refractivity contribution in [2.45, 2.75) is 52.4 Å². The zero-order valence-electron chi connectivity index (χ0n) is 12.9. The first-order valence-electron chi connectivity index (χ1n) is 7.94. The van der Waals surface area contributed by atoms with Crippen LogP contribution in [-0.4, -0.2) is 5.78 Å². The molecule has 3 aliphatic rings. The predicted molar refractivity (Wildman–Crippen MR) is 83.3 cm³/mol. The van der Waals surface area contributed by atoms with Crippen molar-refractivity contribution in [3.63, 3.8) is 0 Å². The maximum atomic E-state index is 12.0. The summed E-state index contributed by atoms with van der Waals surface area (Å²) in [5.74, 6) is 1.33. The van der Waals surface area contributed by atoms with Gasteiger partial charge in [-0.25, -0.2) is 0 Å². The molecule has 1 heteroatoms. The third-order valence-corrected chi connectivity index (χ3v) is 6.43. The topological polar surface area (TPSA) is 17.1 Å². The minimum Gasteiger partial charge on any atom is -0.295 e. The van der Waals surface area contributed by atoms with Crippen molar-refractivity contribution in [1.29, 1.82) is 0 Å². The summed E-state index contributed by atoms with van der Waals surface area (Å²) in [4.78, 5) is 12.0. The van der Waals surface area contributed by atoms with Gasteiger partial charge in [0.25, 0.3) is 0 Å². The third-order valence-electron chi connectivity index (χ3n) is 6.43. The van der Waals surface area contributed by atoms with Crippen molar-refractivity contribution in [3.05, 3.63) is 36.5 Å². The number of fused-ring (bicyclic) bond motifs is 3. The Morgan fingerprint density at radius 3 is 2.75 bits per heavy atom. The summed E-state index contributed by atoms with van der Waals surface area (Å²) < 4.78 is 0. The second-order valence-corrected chi connectivity index (χ2v) is 7.65. The molecule has 108 valence electrons. The zero-order valence-corrected chi connectivity index (χ0v) is 12.9. The molecule has 0 radical (unpaired) electrons. The molecule has 0 saturated heterocycles. The molecule has 0 aromatic carbocycles. The first-order valence-corrected chi connectivity index (χ1v) is 7.94. The van der Waals surface area contributed by atoms with Gasteiger partial charge in [-0.05, 0) is 60.3 Å². The highest BCUT2D eigenvalue weighted by atomic mass is 16.1. The Kier molecular flexibility index (Phi) is 3.08. The average Bonchev–Trinajstić information content (AvgIpc) is 2.43. The van der Waals surface area contributed by atoms with Gasteiger partial charge in [-0.3, -0.25) is 4.79 Å². The summed E-state index contributed by atoms with van der Waals surface area (Å²) in [6.45, 7) is 12.9. The minimum atomic E-state index is 0.261. The highest BCUT2D eigenvalue weighted by Gasteiger charge is 2.51. The monoisotopic (exact) mass is 270 g/mol. The van der Waals surface area contributed by atoms with Crippen molar-refractivity contribution in [2.24, 2.45) is 22.7 Å². The van der Waals surface area contributed by atoms with Crippen LogP contribution in [0.3, 0.4) is 0 Å². The first kappa shape index (κ1) is 13.9. The van der Waals surface area contributed by atoms with E-state index in [0.717, 1.165) is 24.8 Å². The van der Waals surface area contributed by atoms with E-state index in [0.29, 0.717) is 24.0 Å². The molecule has 0 bridgehead atoms. The van der Waals surface area contributed by atoms with Crippen LogP contribution in [0.25, 0.3) is 0 Å². The lowest BCUT2D eigenvalue weighted by Gasteiger charge is -2.54. The number of ketones is 1. The average molecular weight is 270 g/mol.